The van der Waals surface area contributed by atoms with Crippen molar-refractivity contribution in [2.45, 2.75) is 71.3 Å². The van der Waals surface area contributed by atoms with E-state index < -0.39 is 0 Å². The SMILES string of the molecule is CNC1CCCCCC1c1nc(CC(C)(C)C)no1. The molecule has 19 heavy (non-hydrogen) atoms. The van der Waals surface area contributed by atoms with Gasteiger partial charge in [0.25, 0.3) is 0 Å². The first-order valence-corrected chi connectivity index (χ1v) is 7.49. The van der Waals surface area contributed by atoms with Gasteiger partial charge in [-0.05, 0) is 25.3 Å². The van der Waals surface area contributed by atoms with E-state index in [-0.39, 0.29) is 5.41 Å². The summed E-state index contributed by atoms with van der Waals surface area (Å²) in [7, 11) is 2.04. The van der Waals surface area contributed by atoms with E-state index >= 15 is 0 Å². The molecule has 0 radical (unpaired) electrons. The maximum atomic E-state index is 5.54. The molecule has 1 N–H and O–H groups in total. The van der Waals surface area contributed by atoms with E-state index in [4.69, 9.17) is 4.52 Å². The summed E-state index contributed by atoms with van der Waals surface area (Å²) in [5.74, 6) is 2.07. The highest BCUT2D eigenvalue weighted by molar-refractivity contribution is 5.01. The van der Waals surface area contributed by atoms with Crippen LogP contribution in [0.1, 0.15) is 70.5 Å². The van der Waals surface area contributed by atoms with E-state index in [9.17, 15) is 0 Å². The molecule has 0 bridgehead atoms. The van der Waals surface area contributed by atoms with E-state index in [0.29, 0.717) is 12.0 Å². The van der Waals surface area contributed by atoms with Gasteiger partial charge in [-0.1, -0.05) is 45.2 Å². The number of nitrogens with one attached hydrogen (secondary N) is 1. The van der Waals surface area contributed by atoms with Crippen LogP contribution in [0.5, 0.6) is 0 Å². The van der Waals surface area contributed by atoms with E-state index in [1.165, 1.54) is 25.7 Å². The van der Waals surface area contributed by atoms with Gasteiger partial charge in [0.2, 0.25) is 5.89 Å². The molecule has 2 unspecified atom stereocenters. The third-order valence-electron chi connectivity index (χ3n) is 3.88. The van der Waals surface area contributed by atoms with Crippen molar-refractivity contribution in [2.75, 3.05) is 7.05 Å². The van der Waals surface area contributed by atoms with Crippen LogP contribution in [0.15, 0.2) is 4.52 Å². The molecule has 108 valence electrons. The second kappa shape index (κ2) is 6.04. The summed E-state index contributed by atoms with van der Waals surface area (Å²) in [6, 6.07) is 0.477. The van der Waals surface area contributed by atoms with Gasteiger partial charge < -0.3 is 9.84 Å². The second-order valence-corrected chi connectivity index (χ2v) is 6.93. The fourth-order valence-electron chi connectivity index (χ4n) is 2.91. The zero-order chi connectivity index (χ0) is 13.9. The largest absolute Gasteiger partial charge is 0.339 e. The Hall–Kier alpha value is -0.900. The molecule has 1 aliphatic carbocycles. The van der Waals surface area contributed by atoms with Gasteiger partial charge in [-0.2, -0.15) is 4.98 Å². The maximum Gasteiger partial charge on any atom is 0.231 e. The highest BCUT2D eigenvalue weighted by Gasteiger charge is 2.29. The first-order valence-electron chi connectivity index (χ1n) is 7.49. The predicted octanol–water partition coefficient (Wildman–Crippen LogP) is 3.29. The molecule has 4 nitrogen and oxygen atoms in total. The summed E-state index contributed by atoms with van der Waals surface area (Å²) in [5, 5.41) is 7.58. The number of rotatable bonds is 3. The van der Waals surface area contributed by atoms with Crippen LogP contribution < -0.4 is 5.32 Å². The quantitative estimate of drug-likeness (QED) is 0.852. The average molecular weight is 265 g/mol. The minimum atomic E-state index is 0.201. The van der Waals surface area contributed by atoms with E-state index in [0.717, 1.165) is 24.6 Å². The molecule has 2 atom stereocenters. The van der Waals surface area contributed by atoms with Crippen LogP contribution in [0.2, 0.25) is 0 Å². The Bertz CT molecular complexity index is 394. The Morgan fingerprint density at radius 1 is 1.21 bits per heavy atom. The molecule has 1 aliphatic rings. The van der Waals surface area contributed by atoms with Crippen molar-refractivity contribution >= 4 is 0 Å². The zero-order valence-corrected chi connectivity index (χ0v) is 12.7. The summed E-state index contributed by atoms with van der Waals surface area (Å²) in [5.41, 5.74) is 0.201. The topological polar surface area (TPSA) is 51.0 Å². The van der Waals surface area contributed by atoms with Crippen LogP contribution in [-0.2, 0) is 6.42 Å². The van der Waals surface area contributed by atoms with Gasteiger partial charge in [0, 0.05) is 12.5 Å². The Morgan fingerprint density at radius 3 is 2.63 bits per heavy atom. The van der Waals surface area contributed by atoms with Gasteiger partial charge in [0.15, 0.2) is 5.82 Å². The van der Waals surface area contributed by atoms with Crippen molar-refractivity contribution in [1.82, 2.24) is 15.5 Å². The van der Waals surface area contributed by atoms with Crippen molar-refractivity contribution in [3.63, 3.8) is 0 Å². The van der Waals surface area contributed by atoms with E-state index in [1.54, 1.807) is 0 Å². The number of aromatic nitrogens is 2. The first-order chi connectivity index (χ1) is 8.99. The summed E-state index contributed by atoms with van der Waals surface area (Å²) < 4.78 is 5.54. The third-order valence-corrected chi connectivity index (χ3v) is 3.88. The monoisotopic (exact) mass is 265 g/mol. The Balaban J connectivity index is 2.11. The molecule has 0 saturated heterocycles. The minimum Gasteiger partial charge on any atom is -0.339 e. The highest BCUT2D eigenvalue weighted by Crippen LogP contribution is 2.31. The predicted molar refractivity (Wildman–Crippen MR) is 76.1 cm³/mol. The first kappa shape index (κ1) is 14.5. The van der Waals surface area contributed by atoms with Gasteiger partial charge in [-0.25, -0.2) is 0 Å². The van der Waals surface area contributed by atoms with Crippen LogP contribution in [0.3, 0.4) is 0 Å². The average Bonchev–Trinajstić information content (AvgIpc) is 2.63. The number of nitrogens with zero attached hydrogens (tertiary/aromatic N) is 2. The highest BCUT2D eigenvalue weighted by atomic mass is 16.5. The Labute approximate surface area is 116 Å². The molecular formula is C15H27N3O. The Morgan fingerprint density at radius 2 is 1.95 bits per heavy atom. The molecule has 0 aliphatic heterocycles. The van der Waals surface area contributed by atoms with Gasteiger partial charge in [0.05, 0.1) is 5.92 Å². The van der Waals surface area contributed by atoms with Crippen molar-refractivity contribution in [1.29, 1.82) is 0 Å². The fourth-order valence-corrected chi connectivity index (χ4v) is 2.91. The summed E-state index contributed by atoms with van der Waals surface area (Å²) >= 11 is 0. The number of hydrogen-bond acceptors (Lipinski definition) is 4. The standard InChI is InChI=1S/C15H27N3O/c1-15(2,3)10-13-17-14(19-18-13)11-8-6-5-7-9-12(11)16-4/h11-12,16H,5-10H2,1-4H3. The second-order valence-electron chi connectivity index (χ2n) is 6.93. The molecule has 1 aromatic rings. The lowest BCUT2D eigenvalue weighted by molar-refractivity contribution is 0.305. The molecule has 0 amide bonds. The van der Waals surface area contributed by atoms with Gasteiger partial charge >= 0.3 is 0 Å². The molecular weight excluding hydrogens is 238 g/mol. The maximum absolute atomic E-state index is 5.54. The molecule has 0 aromatic carbocycles. The van der Waals surface area contributed by atoms with Crippen LogP contribution in [0.25, 0.3) is 0 Å². The van der Waals surface area contributed by atoms with Crippen LogP contribution in [-0.4, -0.2) is 23.2 Å². The number of likely N-dealkylation sites (N-methyl/N-ethyl adjacent to an activating group) is 1. The van der Waals surface area contributed by atoms with Gasteiger partial charge in [0.1, 0.15) is 0 Å². The molecule has 4 heteroatoms. The Kier molecular flexibility index (Phi) is 4.61. The molecule has 0 spiro atoms. The van der Waals surface area contributed by atoms with Crippen LogP contribution in [0, 0.1) is 5.41 Å². The van der Waals surface area contributed by atoms with Gasteiger partial charge in [-0.3, -0.25) is 0 Å². The number of hydrogen-bond donors (Lipinski definition) is 1. The zero-order valence-electron chi connectivity index (χ0n) is 12.7. The summed E-state index contributed by atoms with van der Waals surface area (Å²) in [6.45, 7) is 6.60. The summed E-state index contributed by atoms with van der Waals surface area (Å²) in [6.07, 6.45) is 7.11. The van der Waals surface area contributed by atoms with Crippen molar-refractivity contribution in [3.05, 3.63) is 11.7 Å². The van der Waals surface area contributed by atoms with Crippen molar-refractivity contribution in [2.24, 2.45) is 5.41 Å². The van der Waals surface area contributed by atoms with Crippen LogP contribution >= 0.6 is 0 Å². The smallest absolute Gasteiger partial charge is 0.231 e. The molecule has 2 rings (SSSR count). The van der Waals surface area contributed by atoms with Crippen molar-refractivity contribution in [3.8, 4) is 0 Å². The molecule has 1 heterocycles. The summed E-state index contributed by atoms with van der Waals surface area (Å²) in [4.78, 5) is 4.64. The molecule has 1 aromatic heterocycles. The molecule has 1 fully saturated rings. The third kappa shape index (κ3) is 4.03. The fraction of sp³-hybridized carbons (Fsp3) is 0.867. The lowest BCUT2D eigenvalue weighted by Gasteiger charge is -2.21. The normalized spacial score (nSPS) is 25.3. The lowest BCUT2D eigenvalue weighted by atomic mass is 9.92. The van der Waals surface area contributed by atoms with E-state index in [1.807, 2.05) is 7.05 Å². The van der Waals surface area contributed by atoms with E-state index in [2.05, 4.69) is 36.2 Å². The molecule has 1 saturated carbocycles. The van der Waals surface area contributed by atoms with Crippen molar-refractivity contribution < 1.29 is 4.52 Å². The lowest BCUT2D eigenvalue weighted by Crippen LogP contribution is -2.31. The van der Waals surface area contributed by atoms with Gasteiger partial charge in [-0.15, -0.1) is 0 Å². The van der Waals surface area contributed by atoms with Crippen LogP contribution in [0.4, 0.5) is 0 Å². The minimum absolute atomic E-state index is 0.201.